The van der Waals surface area contributed by atoms with Gasteiger partial charge in [-0.05, 0) is 25.0 Å². The lowest BCUT2D eigenvalue weighted by molar-refractivity contribution is -0.141. The average molecular weight is 366 g/mol. The fraction of sp³-hybridized carbons (Fsp3) is 0.500. The van der Waals surface area contributed by atoms with Gasteiger partial charge < -0.3 is 10.4 Å². The molecule has 0 spiro atoms. The average Bonchev–Trinajstić information content (AvgIpc) is 2.62. The SMILES string of the molecule is CC1(CNc2cc(C(F)(F)F)nc(-c3ccccn3)n2)CCCCC1O. The number of aliphatic hydroxyl groups excluding tert-OH is 1. The summed E-state index contributed by atoms with van der Waals surface area (Å²) in [7, 11) is 0. The van der Waals surface area contributed by atoms with Crippen molar-refractivity contribution in [1.82, 2.24) is 15.0 Å². The van der Waals surface area contributed by atoms with Gasteiger partial charge in [0.15, 0.2) is 11.5 Å². The van der Waals surface area contributed by atoms with Gasteiger partial charge in [0.1, 0.15) is 11.5 Å². The van der Waals surface area contributed by atoms with E-state index in [1.807, 2.05) is 6.92 Å². The molecule has 1 aliphatic carbocycles. The molecular weight excluding hydrogens is 345 g/mol. The molecule has 0 bridgehead atoms. The summed E-state index contributed by atoms with van der Waals surface area (Å²) in [6.07, 6.45) is -0.121. The first-order chi connectivity index (χ1) is 12.3. The van der Waals surface area contributed by atoms with Crippen LogP contribution in [0, 0.1) is 5.41 Å². The Labute approximate surface area is 149 Å². The van der Waals surface area contributed by atoms with Gasteiger partial charge in [-0.2, -0.15) is 13.2 Å². The molecule has 1 saturated carbocycles. The highest BCUT2D eigenvalue weighted by molar-refractivity contribution is 5.53. The zero-order valence-corrected chi connectivity index (χ0v) is 14.4. The van der Waals surface area contributed by atoms with E-state index in [0.717, 1.165) is 25.3 Å². The van der Waals surface area contributed by atoms with Gasteiger partial charge in [0.2, 0.25) is 0 Å². The minimum atomic E-state index is -4.59. The first kappa shape index (κ1) is 18.6. The number of aliphatic hydroxyl groups is 1. The minimum Gasteiger partial charge on any atom is -0.392 e. The van der Waals surface area contributed by atoms with Crippen molar-refractivity contribution in [2.45, 2.75) is 44.9 Å². The van der Waals surface area contributed by atoms with E-state index in [9.17, 15) is 18.3 Å². The van der Waals surface area contributed by atoms with Gasteiger partial charge in [-0.1, -0.05) is 25.8 Å². The fourth-order valence-corrected chi connectivity index (χ4v) is 3.17. The molecule has 5 nitrogen and oxygen atoms in total. The van der Waals surface area contributed by atoms with Crippen LogP contribution in [0.2, 0.25) is 0 Å². The lowest BCUT2D eigenvalue weighted by Crippen LogP contribution is -2.41. The Morgan fingerprint density at radius 2 is 2.08 bits per heavy atom. The molecule has 2 unspecified atom stereocenters. The van der Waals surface area contributed by atoms with E-state index >= 15 is 0 Å². The van der Waals surface area contributed by atoms with E-state index in [0.29, 0.717) is 13.0 Å². The van der Waals surface area contributed by atoms with Crippen LogP contribution in [-0.4, -0.2) is 32.7 Å². The van der Waals surface area contributed by atoms with Crippen molar-refractivity contribution in [3.05, 3.63) is 36.2 Å². The van der Waals surface area contributed by atoms with E-state index < -0.39 is 23.4 Å². The molecule has 2 aromatic rings. The fourth-order valence-electron chi connectivity index (χ4n) is 3.17. The second-order valence-corrected chi connectivity index (χ2v) is 6.94. The van der Waals surface area contributed by atoms with E-state index in [1.54, 1.807) is 18.2 Å². The topological polar surface area (TPSA) is 70.9 Å². The Bertz CT molecular complexity index is 754. The number of rotatable bonds is 4. The third-order valence-electron chi connectivity index (χ3n) is 4.86. The van der Waals surface area contributed by atoms with Crippen LogP contribution in [0.25, 0.3) is 11.5 Å². The lowest BCUT2D eigenvalue weighted by atomic mass is 9.73. The Morgan fingerprint density at radius 3 is 2.73 bits per heavy atom. The van der Waals surface area contributed by atoms with Crippen molar-refractivity contribution < 1.29 is 18.3 Å². The van der Waals surface area contributed by atoms with E-state index in [4.69, 9.17) is 0 Å². The molecular formula is C18H21F3N4O. The number of halogens is 3. The van der Waals surface area contributed by atoms with Gasteiger partial charge in [-0.15, -0.1) is 0 Å². The maximum Gasteiger partial charge on any atom is 0.433 e. The van der Waals surface area contributed by atoms with Gasteiger partial charge >= 0.3 is 6.18 Å². The van der Waals surface area contributed by atoms with Gasteiger partial charge in [0, 0.05) is 24.2 Å². The Morgan fingerprint density at radius 1 is 1.27 bits per heavy atom. The normalized spacial score (nSPS) is 23.7. The van der Waals surface area contributed by atoms with Crippen LogP contribution in [0.3, 0.4) is 0 Å². The molecule has 1 fully saturated rings. The molecule has 8 heteroatoms. The summed E-state index contributed by atoms with van der Waals surface area (Å²) in [6.45, 7) is 2.28. The number of anilines is 1. The quantitative estimate of drug-likeness (QED) is 0.858. The number of pyridine rings is 1. The van der Waals surface area contributed by atoms with Crippen LogP contribution >= 0.6 is 0 Å². The van der Waals surface area contributed by atoms with Crippen LogP contribution in [0.5, 0.6) is 0 Å². The summed E-state index contributed by atoms with van der Waals surface area (Å²) >= 11 is 0. The second-order valence-electron chi connectivity index (χ2n) is 6.94. The summed E-state index contributed by atoms with van der Waals surface area (Å²) in [4.78, 5) is 11.8. The van der Waals surface area contributed by atoms with Crippen molar-refractivity contribution in [3.63, 3.8) is 0 Å². The summed E-state index contributed by atoms with van der Waals surface area (Å²) in [5.74, 6) is -0.00996. The summed E-state index contributed by atoms with van der Waals surface area (Å²) < 4.78 is 39.7. The Hall–Kier alpha value is -2.22. The lowest BCUT2D eigenvalue weighted by Gasteiger charge is -2.38. The zero-order chi connectivity index (χ0) is 18.8. The standard InChI is InChI=1S/C18H21F3N4O/c1-17(8-4-2-7-14(17)26)11-23-15-10-13(18(19,20)21)24-16(25-15)12-6-3-5-9-22-12/h3,5-6,9-10,14,26H,2,4,7-8,11H2,1H3,(H,23,24,25). The first-order valence-corrected chi connectivity index (χ1v) is 8.57. The molecule has 1 aliphatic rings. The van der Waals surface area contributed by atoms with Crippen LogP contribution in [0.1, 0.15) is 38.3 Å². The zero-order valence-electron chi connectivity index (χ0n) is 14.4. The van der Waals surface area contributed by atoms with Gasteiger partial charge in [0.25, 0.3) is 0 Å². The molecule has 0 amide bonds. The third kappa shape index (κ3) is 4.12. The predicted octanol–water partition coefficient (Wildman–Crippen LogP) is 3.91. The molecule has 0 radical (unpaired) electrons. The monoisotopic (exact) mass is 366 g/mol. The molecule has 0 aliphatic heterocycles. The summed E-state index contributed by atoms with van der Waals surface area (Å²) in [6, 6.07) is 5.79. The van der Waals surface area contributed by atoms with Crippen molar-refractivity contribution in [3.8, 4) is 11.5 Å². The molecule has 2 atom stereocenters. The molecule has 26 heavy (non-hydrogen) atoms. The smallest absolute Gasteiger partial charge is 0.392 e. The molecule has 0 aromatic carbocycles. The van der Waals surface area contributed by atoms with Crippen LogP contribution < -0.4 is 5.32 Å². The Kier molecular flexibility index (Phi) is 5.13. The maximum atomic E-state index is 13.2. The number of alkyl halides is 3. The van der Waals surface area contributed by atoms with Gasteiger partial charge in [0.05, 0.1) is 6.10 Å². The van der Waals surface area contributed by atoms with Gasteiger partial charge in [-0.3, -0.25) is 4.98 Å². The van der Waals surface area contributed by atoms with Crippen LogP contribution in [0.4, 0.5) is 19.0 Å². The van der Waals surface area contributed by atoms with E-state index in [-0.39, 0.29) is 17.3 Å². The first-order valence-electron chi connectivity index (χ1n) is 8.57. The molecule has 2 heterocycles. The van der Waals surface area contributed by atoms with Crippen LogP contribution in [-0.2, 0) is 6.18 Å². The molecule has 0 saturated heterocycles. The Balaban J connectivity index is 1.88. The van der Waals surface area contributed by atoms with Crippen molar-refractivity contribution >= 4 is 5.82 Å². The molecule has 140 valence electrons. The summed E-state index contributed by atoms with van der Waals surface area (Å²) in [5.41, 5.74) is -1.15. The number of nitrogens with zero attached hydrogens (tertiary/aromatic N) is 3. The molecule has 2 N–H and O–H groups in total. The number of hydrogen-bond donors (Lipinski definition) is 2. The number of aromatic nitrogens is 3. The van der Waals surface area contributed by atoms with Crippen molar-refractivity contribution in [2.24, 2.45) is 5.41 Å². The number of hydrogen-bond acceptors (Lipinski definition) is 5. The highest BCUT2D eigenvalue weighted by atomic mass is 19.4. The van der Waals surface area contributed by atoms with Crippen molar-refractivity contribution in [2.75, 3.05) is 11.9 Å². The number of nitrogens with one attached hydrogen (secondary N) is 1. The molecule has 2 aromatic heterocycles. The van der Waals surface area contributed by atoms with Crippen molar-refractivity contribution in [1.29, 1.82) is 0 Å². The summed E-state index contributed by atoms with van der Waals surface area (Å²) in [5, 5.41) is 13.2. The highest BCUT2D eigenvalue weighted by Crippen LogP contribution is 2.36. The second kappa shape index (κ2) is 7.19. The van der Waals surface area contributed by atoms with Gasteiger partial charge in [-0.25, -0.2) is 9.97 Å². The molecule has 3 rings (SSSR count). The third-order valence-corrected chi connectivity index (χ3v) is 4.86. The van der Waals surface area contributed by atoms with E-state index in [1.165, 1.54) is 6.20 Å². The largest absolute Gasteiger partial charge is 0.433 e. The van der Waals surface area contributed by atoms with E-state index in [2.05, 4.69) is 20.3 Å². The maximum absolute atomic E-state index is 13.2. The highest BCUT2D eigenvalue weighted by Gasteiger charge is 2.36. The predicted molar refractivity (Wildman–Crippen MR) is 91.3 cm³/mol. The van der Waals surface area contributed by atoms with Crippen LogP contribution in [0.15, 0.2) is 30.5 Å². The minimum absolute atomic E-state index is 0.0759.